The quantitative estimate of drug-likeness (QED) is 0.0846. The molecule has 3 aromatic carbocycles. The summed E-state index contributed by atoms with van der Waals surface area (Å²) in [7, 11) is 4.05. The van der Waals surface area contributed by atoms with E-state index in [-0.39, 0.29) is 40.4 Å². The maximum atomic E-state index is 14.6. The van der Waals surface area contributed by atoms with Gasteiger partial charge in [0.15, 0.2) is 0 Å². The zero-order chi connectivity index (χ0) is 55.8. The Bertz CT molecular complexity index is 3420. The number of allylic oxidation sites excluding steroid dienone is 9. The molecule has 0 radical (unpaired) electrons. The van der Waals surface area contributed by atoms with Gasteiger partial charge in [0, 0.05) is 64.0 Å². The van der Waals surface area contributed by atoms with Crippen LogP contribution < -0.4 is 21.1 Å². The lowest BCUT2D eigenvalue weighted by Gasteiger charge is -2.76. The first kappa shape index (κ1) is 54.0. The van der Waals surface area contributed by atoms with E-state index in [4.69, 9.17) is 0 Å². The van der Waals surface area contributed by atoms with Gasteiger partial charge in [-0.3, -0.25) is 4.79 Å². The smallest absolute Gasteiger partial charge is 0.306 e. The highest BCUT2D eigenvalue weighted by Gasteiger charge is 2.79. The average Bonchev–Trinajstić information content (AvgIpc) is 1.34. The number of aliphatic hydroxyl groups is 3. The summed E-state index contributed by atoms with van der Waals surface area (Å²) in [6, 6.07) is 27.7. The van der Waals surface area contributed by atoms with Crippen molar-refractivity contribution in [3.05, 3.63) is 170 Å². The number of hydrogen-bond acceptors (Lipinski definition) is 8. The zero-order valence-corrected chi connectivity index (χ0v) is 50.0. The van der Waals surface area contributed by atoms with Gasteiger partial charge < -0.3 is 31.1 Å². The third-order valence-electron chi connectivity index (χ3n) is 25.2. The van der Waals surface area contributed by atoms with Gasteiger partial charge in [-0.1, -0.05) is 169 Å². The summed E-state index contributed by atoms with van der Waals surface area (Å²) in [4.78, 5) is 14.6. The van der Waals surface area contributed by atoms with E-state index in [1.54, 1.807) is 11.1 Å². The summed E-state index contributed by atoms with van der Waals surface area (Å²) < 4.78 is 0. The van der Waals surface area contributed by atoms with Crippen LogP contribution in [0.3, 0.4) is 0 Å². The molecule has 0 unspecified atom stereocenters. The lowest BCUT2D eigenvalue weighted by molar-refractivity contribution is -0.182. The molecule has 4 saturated carbocycles. The van der Waals surface area contributed by atoms with Crippen LogP contribution in [0.1, 0.15) is 139 Å². The predicted octanol–water partition coefficient (Wildman–Crippen LogP) is 13.3. The largest absolute Gasteiger partial charge is 0.516 e. The number of nitrogens with one attached hydrogen (secondary N) is 2. The Morgan fingerprint density at radius 1 is 0.854 bits per heavy atom. The maximum absolute atomic E-state index is 14.6. The molecule has 82 heavy (non-hydrogen) atoms. The van der Waals surface area contributed by atoms with E-state index in [2.05, 4.69) is 134 Å². The summed E-state index contributed by atoms with van der Waals surface area (Å²) in [5, 5.41) is 59.9. The number of carboxylic acid groups (broad SMARTS) is 1. The Morgan fingerprint density at radius 3 is 2.52 bits per heavy atom. The molecule has 430 valence electrons. The maximum Gasteiger partial charge on any atom is 0.306 e. The van der Waals surface area contributed by atoms with Gasteiger partial charge in [0.25, 0.3) is 0 Å². The summed E-state index contributed by atoms with van der Waals surface area (Å²) in [5.74, 6) is 2.38. The standard InChI is InChI=1S/C73H86N2O5S2/c1-69-27-12-28-71-38-58-57-34-44-13-10-19-47(31-44)50-23-25-64(75-40-50)74-30-11-21-54(46-14-4-3-5-15-46)51(41-76)22-24-56(67(79)80)65-62(77)39-72-37-45-32-48-16-6-7-18-52(48)42-81-82-43-61(71)66(72)60(36-53(33-45)70(65,72)2)73(68(69)71,29-26-63(69)78)59(58)35-49-17-8-9-20-55(49)57/h6-10,12-13,16-20,23,25,28,31,35,38,41,45-46,53-54,56,59,61-63,65,68,74-78H,3-5,11,14-15,21-22,24,26-27,29-30,32-34,36-37,39-40,42-43H2,1-2H3,(H,79,80)/b51-41+/t45-,53-,54-,56+,59+,61-,62+,63-,65-,68+,69+,70+,71+,72-,73-/m0/s1. The number of carbonyl (C=O) groups is 1. The molecule has 5 heterocycles. The van der Waals surface area contributed by atoms with Crippen molar-refractivity contribution in [1.82, 2.24) is 10.6 Å². The predicted molar refractivity (Wildman–Crippen MR) is 333 cm³/mol. The number of aliphatic carboxylic acids is 1. The number of benzene rings is 3. The Kier molecular flexibility index (Phi) is 13.5. The number of dihydropyridines is 1. The lowest BCUT2D eigenvalue weighted by atomic mass is 9.28. The average molecular weight is 1140 g/mol. The first-order valence-corrected chi connectivity index (χ1v) is 34.5. The van der Waals surface area contributed by atoms with Gasteiger partial charge in [-0.15, -0.1) is 0 Å². The van der Waals surface area contributed by atoms with E-state index in [1.165, 1.54) is 74.9 Å². The highest BCUT2D eigenvalue weighted by Crippen LogP contribution is 2.84. The van der Waals surface area contributed by atoms with E-state index in [0.29, 0.717) is 31.1 Å². The summed E-state index contributed by atoms with van der Waals surface area (Å²) in [6.07, 6.45) is 31.9. The Balaban J connectivity index is 0.972. The van der Waals surface area contributed by atoms with Gasteiger partial charge in [0.2, 0.25) is 0 Å². The van der Waals surface area contributed by atoms with Crippen LogP contribution in [0.5, 0.6) is 0 Å². The Morgan fingerprint density at radius 2 is 1.70 bits per heavy atom. The first-order chi connectivity index (χ1) is 39.9. The van der Waals surface area contributed by atoms with Crippen molar-refractivity contribution in [1.29, 1.82) is 0 Å². The second-order valence-electron chi connectivity index (χ2n) is 28.5. The van der Waals surface area contributed by atoms with Crippen LogP contribution in [-0.2, 0) is 23.4 Å². The molecule has 9 heteroatoms. The van der Waals surface area contributed by atoms with E-state index in [9.17, 15) is 25.2 Å². The highest BCUT2D eigenvalue weighted by atomic mass is 33.1. The van der Waals surface area contributed by atoms with Crippen LogP contribution in [0.25, 0.3) is 17.2 Å². The number of rotatable bonds is 2. The lowest BCUT2D eigenvalue weighted by Crippen LogP contribution is -2.71. The van der Waals surface area contributed by atoms with Crippen LogP contribution in [0.4, 0.5) is 0 Å². The Hall–Kier alpha value is -4.67. The van der Waals surface area contributed by atoms with Crippen molar-refractivity contribution < 1.29 is 25.2 Å². The van der Waals surface area contributed by atoms with Crippen LogP contribution in [-0.4, -0.2) is 57.4 Å². The van der Waals surface area contributed by atoms with Crippen molar-refractivity contribution >= 4 is 44.8 Å². The molecule has 3 aromatic rings. The molecule has 14 aliphatic rings. The van der Waals surface area contributed by atoms with Gasteiger partial charge in [-0.2, -0.15) is 0 Å². The van der Waals surface area contributed by atoms with Crippen LogP contribution in [0, 0.1) is 80.3 Å². The second-order valence-corrected chi connectivity index (χ2v) is 31.1. The topological polar surface area (TPSA) is 122 Å². The zero-order valence-electron chi connectivity index (χ0n) is 48.4. The minimum atomic E-state index is -0.792. The number of aliphatic hydroxyl groups excluding tert-OH is 3. The van der Waals surface area contributed by atoms with Crippen molar-refractivity contribution in [2.24, 2.45) is 80.3 Å². The fourth-order valence-corrected chi connectivity index (χ4v) is 24.6. The third kappa shape index (κ3) is 7.98. The van der Waals surface area contributed by atoms with Crippen molar-refractivity contribution in [2.75, 3.05) is 18.8 Å². The van der Waals surface area contributed by atoms with Gasteiger partial charge in [0.05, 0.1) is 30.2 Å². The molecule has 7 nitrogen and oxygen atoms in total. The van der Waals surface area contributed by atoms with Crippen molar-refractivity contribution in [2.45, 2.75) is 147 Å². The molecule has 17 bridgehead atoms. The first-order valence-electron chi connectivity index (χ1n) is 32.1. The molecule has 6 N–H and O–H groups in total. The summed E-state index contributed by atoms with van der Waals surface area (Å²) in [5.41, 5.74) is 11.9. The SMILES string of the molecule is C[C@@]12CC=C[C@@]34C=C5C6=c7ccccc7=C[C@H]5[C@@](CC[C@@H]1O)(C1=C5[C@@H]3CSSCc3ccccc3C[C@H]3C[C@@H](C1)[C@]1(C)[C@H]([C@H](O)C[C@@]51C3)[C@H](C(=O)O)CC/C(=C\O)[C@H](C1CCCCC1)CCCNC1=CC=C(CN1)c1cccc(c1)C6)[C@@H]42. The van der Waals surface area contributed by atoms with E-state index in [1.807, 2.05) is 21.6 Å². The minimum absolute atomic E-state index is 0.0781. The minimum Gasteiger partial charge on any atom is -0.516 e. The van der Waals surface area contributed by atoms with Crippen LogP contribution in [0.15, 0.2) is 138 Å². The second kappa shape index (κ2) is 20.5. The van der Waals surface area contributed by atoms with Gasteiger partial charge in [-0.25, -0.2) is 0 Å². The molecule has 15 atom stereocenters. The molecule has 4 fully saturated rings. The van der Waals surface area contributed by atoms with E-state index in [0.717, 1.165) is 113 Å². The fourth-order valence-electron chi connectivity index (χ4n) is 22.1. The van der Waals surface area contributed by atoms with Crippen LogP contribution >= 0.6 is 21.6 Å². The molecular formula is C73H86N2O5S2. The van der Waals surface area contributed by atoms with Crippen molar-refractivity contribution in [3.8, 4) is 0 Å². The number of hydrogen-bond donors (Lipinski definition) is 6. The number of fused-ring (bicyclic) bond motifs is 4. The van der Waals surface area contributed by atoms with Crippen molar-refractivity contribution in [3.63, 3.8) is 0 Å². The molecule has 9 aliphatic carbocycles. The summed E-state index contributed by atoms with van der Waals surface area (Å²) >= 11 is 0. The molecular weight excluding hydrogens is 1050 g/mol. The summed E-state index contributed by atoms with van der Waals surface area (Å²) in [6.45, 7) is 6.53. The fraction of sp³-hybridized carbons (Fsp3) is 0.548. The van der Waals surface area contributed by atoms with Gasteiger partial charge >= 0.3 is 5.97 Å². The molecule has 3 spiro atoms. The molecule has 17 rings (SSSR count). The monoisotopic (exact) mass is 1130 g/mol. The highest BCUT2D eigenvalue weighted by molar-refractivity contribution is 8.76. The van der Waals surface area contributed by atoms with Crippen LogP contribution in [0.2, 0.25) is 0 Å². The number of carboxylic acids is 1. The third-order valence-corrected chi connectivity index (χ3v) is 27.6. The normalized spacial score (nSPS) is 40.8. The van der Waals surface area contributed by atoms with E-state index >= 15 is 0 Å². The molecule has 0 aromatic heterocycles. The molecule has 0 saturated heterocycles. The van der Waals surface area contributed by atoms with Gasteiger partial charge in [-0.05, 0) is 192 Å². The van der Waals surface area contributed by atoms with E-state index < -0.39 is 46.3 Å². The Labute approximate surface area is 494 Å². The molecule has 5 aliphatic heterocycles. The molecule has 0 amide bonds. The van der Waals surface area contributed by atoms with Gasteiger partial charge in [0.1, 0.15) is 0 Å².